The first-order valence-corrected chi connectivity index (χ1v) is 7.67. The van der Waals surface area contributed by atoms with Crippen molar-refractivity contribution in [1.29, 1.82) is 0 Å². The molecule has 2 atom stereocenters. The molecule has 1 aromatic carbocycles. The Labute approximate surface area is 124 Å². The SMILES string of the molecule is O=C1NC(c2ccc(SC(F)(F)F)cc2)N2CCCCC12. The zero-order valence-corrected chi connectivity index (χ0v) is 12.0. The summed E-state index contributed by atoms with van der Waals surface area (Å²) in [6.07, 6.45) is 2.73. The Morgan fingerprint density at radius 3 is 2.57 bits per heavy atom. The zero-order chi connectivity index (χ0) is 15.0. The van der Waals surface area contributed by atoms with Crippen molar-refractivity contribution >= 4 is 17.7 Å². The van der Waals surface area contributed by atoms with E-state index in [1.165, 1.54) is 12.1 Å². The van der Waals surface area contributed by atoms with Gasteiger partial charge >= 0.3 is 5.51 Å². The highest BCUT2D eigenvalue weighted by Crippen LogP contribution is 2.38. The molecule has 0 aliphatic carbocycles. The Bertz CT molecular complexity index is 532. The van der Waals surface area contributed by atoms with Crippen molar-refractivity contribution < 1.29 is 18.0 Å². The standard InChI is InChI=1S/C14H15F3N2OS/c15-14(16,17)21-10-6-4-9(5-7-10)12-18-13(20)11-3-1-2-8-19(11)12/h4-7,11-12H,1-3,8H2,(H,18,20). The van der Waals surface area contributed by atoms with Crippen LogP contribution in [0.2, 0.25) is 0 Å². The average molecular weight is 316 g/mol. The lowest BCUT2D eigenvalue weighted by molar-refractivity contribution is -0.122. The van der Waals surface area contributed by atoms with Crippen molar-refractivity contribution in [2.24, 2.45) is 0 Å². The van der Waals surface area contributed by atoms with E-state index in [4.69, 9.17) is 0 Å². The minimum Gasteiger partial charge on any atom is -0.335 e. The Morgan fingerprint density at radius 2 is 1.90 bits per heavy atom. The van der Waals surface area contributed by atoms with Gasteiger partial charge in [-0.3, -0.25) is 9.69 Å². The third-order valence-electron chi connectivity index (χ3n) is 3.89. The molecule has 0 radical (unpaired) electrons. The molecule has 1 aromatic rings. The van der Waals surface area contributed by atoms with Crippen molar-refractivity contribution in [2.45, 2.75) is 41.9 Å². The third kappa shape index (κ3) is 3.18. The first kappa shape index (κ1) is 14.7. The molecule has 2 aliphatic heterocycles. The molecule has 3 nitrogen and oxygen atoms in total. The van der Waals surface area contributed by atoms with Crippen LogP contribution >= 0.6 is 11.8 Å². The highest BCUT2D eigenvalue weighted by Gasteiger charge is 2.41. The number of alkyl halides is 3. The highest BCUT2D eigenvalue weighted by molar-refractivity contribution is 8.00. The number of rotatable bonds is 2. The smallest absolute Gasteiger partial charge is 0.335 e. The van der Waals surface area contributed by atoms with Gasteiger partial charge in [0.25, 0.3) is 0 Å². The van der Waals surface area contributed by atoms with Gasteiger partial charge in [-0.2, -0.15) is 13.2 Å². The quantitative estimate of drug-likeness (QED) is 0.850. The van der Waals surface area contributed by atoms with E-state index in [1.54, 1.807) is 12.1 Å². The van der Waals surface area contributed by atoms with Gasteiger partial charge in [-0.25, -0.2) is 0 Å². The van der Waals surface area contributed by atoms with Crippen molar-refractivity contribution in [3.8, 4) is 0 Å². The van der Waals surface area contributed by atoms with Gasteiger partial charge < -0.3 is 5.32 Å². The van der Waals surface area contributed by atoms with Gasteiger partial charge in [0.15, 0.2) is 0 Å². The maximum Gasteiger partial charge on any atom is 0.446 e. The van der Waals surface area contributed by atoms with Gasteiger partial charge in [0, 0.05) is 11.4 Å². The lowest BCUT2D eigenvalue weighted by atomic mass is 10.0. The molecule has 0 bridgehead atoms. The van der Waals surface area contributed by atoms with E-state index in [2.05, 4.69) is 10.2 Å². The van der Waals surface area contributed by atoms with E-state index in [-0.39, 0.29) is 34.8 Å². The molecule has 2 aliphatic rings. The van der Waals surface area contributed by atoms with E-state index in [9.17, 15) is 18.0 Å². The largest absolute Gasteiger partial charge is 0.446 e. The molecule has 0 spiro atoms. The predicted molar refractivity (Wildman–Crippen MR) is 73.6 cm³/mol. The number of thioether (sulfide) groups is 1. The molecule has 0 saturated carbocycles. The minimum absolute atomic E-state index is 0.0217. The minimum atomic E-state index is -4.28. The summed E-state index contributed by atoms with van der Waals surface area (Å²) in [5.74, 6) is 0.0217. The zero-order valence-electron chi connectivity index (χ0n) is 11.2. The van der Waals surface area contributed by atoms with Gasteiger partial charge in [0.05, 0.1) is 6.04 Å². The molecule has 3 rings (SSSR count). The van der Waals surface area contributed by atoms with E-state index >= 15 is 0 Å². The van der Waals surface area contributed by atoms with Crippen LogP contribution in [-0.2, 0) is 4.79 Å². The Hall–Kier alpha value is -1.21. The molecule has 1 amide bonds. The van der Waals surface area contributed by atoms with Crippen LogP contribution in [0.3, 0.4) is 0 Å². The number of carbonyl (C=O) groups is 1. The number of amides is 1. The Kier molecular flexibility index (Phi) is 3.88. The number of fused-ring (bicyclic) bond motifs is 1. The monoisotopic (exact) mass is 316 g/mol. The second kappa shape index (κ2) is 5.53. The average Bonchev–Trinajstić information content (AvgIpc) is 2.76. The number of nitrogens with zero attached hydrogens (tertiary/aromatic N) is 1. The second-order valence-corrected chi connectivity index (χ2v) is 6.42. The van der Waals surface area contributed by atoms with Gasteiger partial charge in [0.2, 0.25) is 5.91 Å². The number of carbonyl (C=O) groups excluding carboxylic acids is 1. The molecule has 2 saturated heterocycles. The molecule has 2 unspecified atom stereocenters. The summed E-state index contributed by atoms with van der Waals surface area (Å²) in [5, 5.41) is 2.94. The van der Waals surface area contributed by atoms with Crippen LogP contribution in [0.25, 0.3) is 0 Å². The molecule has 21 heavy (non-hydrogen) atoms. The summed E-state index contributed by atoms with van der Waals surface area (Å²) in [6, 6.07) is 6.15. The van der Waals surface area contributed by atoms with Crippen LogP contribution in [0.1, 0.15) is 31.0 Å². The number of piperidine rings is 1. The van der Waals surface area contributed by atoms with Crippen molar-refractivity contribution in [1.82, 2.24) is 10.2 Å². The summed E-state index contributed by atoms with van der Waals surface area (Å²) in [7, 11) is 0. The number of hydrogen-bond acceptors (Lipinski definition) is 3. The molecule has 1 N–H and O–H groups in total. The Balaban J connectivity index is 1.76. The molecule has 2 fully saturated rings. The van der Waals surface area contributed by atoms with Crippen LogP contribution < -0.4 is 5.32 Å². The number of nitrogens with one attached hydrogen (secondary N) is 1. The number of benzene rings is 1. The maximum atomic E-state index is 12.3. The normalized spacial score (nSPS) is 26.5. The Morgan fingerprint density at radius 1 is 1.19 bits per heavy atom. The fraction of sp³-hybridized carbons (Fsp3) is 0.500. The lowest BCUT2D eigenvalue weighted by Gasteiger charge is -2.31. The molecule has 7 heteroatoms. The fourth-order valence-electron chi connectivity index (χ4n) is 2.98. The van der Waals surface area contributed by atoms with Gasteiger partial charge in [-0.15, -0.1) is 0 Å². The van der Waals surface area contributed by atoms with Gasteiger partial charge in [-0.05, 0) is 42.3 Å². The van der Waals surface area contributed by atoms with Crippen LogP contribution in [0.15, 0.2) is 29.2 Å². The number of halogens is 3. The van der Waals surface area contributed by atoms with E-state index in [0.717, 1.165) is 31.4 Å². The highest BCUT2D eigenvalue weighted by atomic mass is 32.2. The van der Waals surface area contributed by atoms with E-state index in [1.807, 2.05) is 0 Å². The van der Waals surface area contributed by atoms with Crippen LogP contribution in [-0.4, -0.2) is 28.9 Å². The third-order valence-corrected chi connectivity index (χ3v) is 4.63. The maximum absolute atomic E-state index is 12.3. The molecule has 0 aromatic heterocycles. The summed E-state index contributed by atoms with van der Waals surface area (Å²) < 4.78 is 36.9. The fourth-order valence-corrected chi connectivity index (χ4v) is 3.52. The van der Waals surface area contributed by atoms with Crippen LogP contribution in [0, 0.1) is 0 Å². The summed E-state index contributed by atoms with van der Waals surface area (Å²) in [6.45, 7) is 0.840. The van der Waals surface area contributed by atoms with Gasteiger partial charge in [-0.1, -0.05) is 18.6 Å². The van der Waals surface area contributed by atoms with Crippen LogP contribution in [0.5, 0.6) is 0 Å². The summed E-state index contributed by atoms with van der Waals surface area (Å²) in [5.41, 5.74) is -3.44. The first-order chi connectivity index (χ1) is 9.94. The van der Waals surface area contributed by atoms with Gasteiger partial charge in [0.1, 0.15) is 6.17 Å². The van der Waals surface area contributed by atoms with Crippen molar-refractivity contribution in [3.63, 3.8) is 0 Å². The van der Waals surface area contributed by atoms with E-state index in [0.29, 0.717) is 0 Å². The van der Waals surface area contributed by atoms with E-state index < -0.39 is 5.51 Å². The molecular formula is C14H15F3N2OS. The number of hydrogen-bond donors (Lipinski definition) is 1. The van der Waals surface area contributed by atoms with Crippen LogP contribution in [0.4, 0.5) is 13.2 Å². The first-order valence-electron chi connectivity index (χ1n) is 6.86. The van der Waals surface area contributed by atoms with Crippen molar-refractivity contribution in [2.75, 3.05) is 6.54 Å². The topological polar surface area (TPSA) is 32.3 Å². The molecular weight excluding hydrogens is 301 g/mol. The summed E-state index contributed by atoms with van der Waals surface area (Å²) in [4.78, 5) is 14.2. The van der Waals surface area contributed by atoms with Crippen molar-refractivity contribution in [3.05, 3.63) is 29.8 Å². The molecule has 2 heterocycles. The summed E-state index contributed by atoms with van der Waals surface area (Å²) >= 11 is -0.126. The lowest BCUT2D eigenvalue weighted by Crippen LogP contribution is -2.38. The predicted octanol–water partition coefficient (Wildman–Crippen LogP) is 3.28. The second-order valence-electron chi connectivity index (χ2n) is 5.28. The molecule has 114 valence electrons.